The highest BCUT2D eigenvalue weighted by molar-refractivity contribution is 9.11. The van der Waals surface area contributed by atoms with Crippen LogP contribution in [0.25, 0.3) is 0 Å². The molecule has 0 spiro atoms. The van der Waals surface area contributed by atoms with Crippen LogP contribution in [0.1, 0.15) is 40.0 Å². The fourth-order valence-electron chi connectivity index (χ4n) is 1.28. The largest absolute Gasteiger partial charge is 0.478 e. The van der Waals surface area contributed by atoms with Crippen molar-refractivity contribution in [1.82, 2.24) is 0 Å². The Hall–Kier alpha value is -0.830. The average Bonchev–Trinajstić information content (AvgIpc) is 2.25. The zero-order valence-electron chi connectivity index (χ0n) is 10.7. The fraction of sp³-hybridized carbons (Fsp3) is 0.500. The van der Waals surface area contributed by atoms with Gasteiger partial charge in [-0.15, -0.1) is 0 Å². The Morgan fingerprint density at radius 2 is 2.06 bits per heavy atom. The van der Waals surface area contributed by atoms with E-state index in [-0.39, 0.29) is 5.41 Å². The third-order valence-electron chi connectivity index (χ3n) is 2.45. The summed E-state index contributed by atoms with van der Waals surface area (Å²) in [6, 6.07) is 0. The summed E-state index contributed by atoms with van der Waals surface area (Å²) in [6.45, 7) is 6.18. The van der Waals surface area contributed by atoms with Crippen LogP contribution in [0.5, 0.6) is 0 Å². The number of carboxylic acid groups (broad SMARTS) is 1. The SMILES string of the molecule is C/C(=C\CC(C)(C)/C=C/C(=O)O)CC/C=C/Br. The topological polar surface area (TPSA) is 37.3 Å². The van der Waals surface area contributed by atoms with Crippen molar-refractivity contribution in [2.75, 3.05) is 0 Å². The lowest BCUT2D eigenvalue weighted by Crippen LogP contribution is -2.07. The molecule has 0 amide bonds. The molecule has 1 N–H and O–H groups in total. The van der Waals surface area contributed by atoms with Crippen molar-refractivity contribution >= 4 is 21.9 Å². The third-order valence-corrected chi connectivity index (χ3v) is 2.82. The van der Waals surface area contributed by atoms with Crippen molar-refractivity contribution in [3.63, 3.8) is 0 Å². The molecule has 0 aliphatic rings. The van der Waals surface area contributed by atoms with Crippen LogP contribution in [0.15, 0.2) is 34.9 Å². The summed E-state index contributed by atoms with van der Waals surface area (Å²) in [7, 11) is 0. The van der Waals surface area contributed by atoms with Gasteiger partial charge in [-0.05, 0) is 36.6 Å². The molecule has 2 nitrogen and oxygen atoms in total. The van der Waals surface area contributed by atoms with Crippen molar-refractivity contribution in [3.05, 3.63) is 34.9 Å². The Balaban J connectivity index is 4.22. The first-order chi connectivity index (χ1) is 7.87. The van der Waals surface area contributed by atoms with E-state index in [1.165, 1.54) is 11.6 Å². The lowest BCUT2D eigenvalue weighted by atomic mass is 9.87. The Morgan fingerprint density at radius 3 is 2.59 bits per heavy atom. The number of halogens is 1. The Bertz CT molecular complexity index is 325. The molecule has 0 bridgehead atoms. The smallest absolute Gasteiger partial charge is 0.327 e. The first-order valence-corrected chi connectivity index (χ1v) is 6.62. The molecular weight excluding hydrogens is 280 g/mol. The summed E-state index contributed by atoms with van der Waals surface area (Å²) in [5.74, 6) is -0.888. The second kappa shape index (κ2) is 8.29. The van der Waals surface area contributed by atoms with Crippen LogP contribution in [0.3, 0.4) is 0 Å². The zero-order chi connectivity index (χ0) is 13.3. The molecule has 0 aliphatic carbocycles. The molecule has 0 atom stereocenters. The predicted molar refractivity (Wildman–Crippen MR) is 76.2 cm³/mol. The predicted octanol–water partition coefficient (Wildman–Crippen LogP) is 4.68. The highest BCUT2D eigenvalue weighted by Gasteiger charge is 2.12. The molecule has 17 heavy (non-hydrogen) atoms. The van der Waals surface area contributed by atoms with Gasteiger partial charge in [-0.3, -0.25) is 0 Å². The van der Waals surface area contributed by atoms with Gasteiger partial charge in [-0.2, -0.15) is 0 Å². The molecule has 0 aromatic rings. The van der Waals surface area contributed by atoms with Crippen LogP contribution in [0, 0.1) is 5.41 Å². The van der Waals surface area contributed by atoms with Crippen molar-refractivity contribution < 1.29 is 9.90 Å². The molecule has 0 aromatic carbocycles. The van der Waals surface area contributed by atoms with Crippen molar-refractivity contribution in [2.24, 2.45) is 5.41 Å². The Labute approximate surface area is 112 Å². The minimum atomic E-state index is -0.888. The number of allylic oxidation sites excluding steroid dienone is 4. The van der Waals surface area contributed by atoms with Gasteiger partial charge >= 0.3 is 5.97 Å². The molecule has 96 valence electrons. The van der Waals surface area contributed by atoms with Crippen LogP contribution in [0.4, 0.5) is 0 Å². The quantitative estimate of drug-likeness (QED) is 0.547. The van der Waals surface area contributed by atoms with E-state index < -0.39 is 5.97 Å². The number of rotatable bonds is 7. The van der Waals surface area contributed by atoms with Crippen LogP contribution >= 0.6 is 15.9 Å². The van der Waals surface area contributed by atoms with Gasteiger partial charge in [0.2, 0.25) is 0 Å². The summed E-state index contributed by atoms with van der Waals surface area (Å²) in [5.41, 5.74) is 1.23. The van der Waals surface area contributed by atoms with Crippen molar-refractivity contribution in [1.29, 1.82) is 0 Å². The summed E-state index contributed by atoms with van der Waals surface area (Å²) in [4.78, 5) is 12.3. The summed E-state index contributed by atoms with van der Waals surface area (Å²) in [5, 5.41) is 8.58. The van der Waals surface area contributed by atoms with Crippen molar-refractivity contribution in [3.8, 4) is 0 Å². The Kier molecular flexibility index (Phi) is 7.88. The van der Waals surface area contributed by atoms with E-state index in [2.05, 4.69) is 35.0 Å². The van der Waals surface area contributed by atoms with Crippen LogP contribution in [0.2, 0.25) is 0 Å². The van der Waals surface area contributed by atoms with E-state index in [4.69, 9.17) is 5.11 Å². The maximum Gasteiger partial charge on any atom is 0.327 e. The van der Waals surface area contributed by atoms with E-state index in [0.717, 1.165) is 19.3 Å². The van der Waals surface area contributed by atoms with Crippen LogP contribution in [-0.4, -0.2) is 11.1 Å². The number of hydrogen-bond donors (Lipinski definition) is 1. The van der Waals surface area contributed by atoms with Crippen LogP contribution in [-0.2, 0) is 4.79 Å². The van der Waals surface area contributed by atoms with E-state index in [0.29, 0.717) is 0 Å². The monoisotopic (exact) mass is 300 g/mol. The minimum absolute atomic E-state index is 0.106. The third kappa shape index (κ3) is 10.1. The molecule has 0 heterocycles. The Morgan fingerprint density at radius 1 is 1.41 bits per heavy atom. The van der Waals surface area contributed by atoms with Gasteiger partial charge in [0.1, 0.15) is 0 Å². The normalized spacial score (nSPS) is 13.8. The molecule has 3 heteroatoms. The van der Waals surface area contributed by atoms with Crippen LogP contribution < -0.4 is 0 Å². The first kappa shape index (κ1) is 16.2. The molecule has 0 saturated carbocycles. The van der Waals surface area contributed by atoms with Gasteiger partial charge in [0.15, 0.2) is 0 Å². The summed E-state index contributed by atoms with van der Waals surface area (Å²) < 4.78 is 0. The summed E-state index contributed by atoms with van der Waals surface area (Å²) in [6.07, 6.45) is 10.2. The van der Waals surface area contributed by atoms with E-state index in [1.807, 2.05) is 18.8 Å². The van der Waals surface area contributed by atoms with Gasteiger partial charge in [0, 0.05) is 6.08 Å². The molecule has 0 aromatic heterocycles. The average molecular weight is 301 g/mol. The van der Waals surface area contributed by atoms with Gasteiger partial charge in [-0.1, -0.05) is 53.6 Å². The number of aliphatic carboxylic acids is 1. The van der Waals surface area contributed by atoms with Crippen molar-refractivity contribution in [2.45, 2.75) is 40.0 Å². The number of carbonyl (C=O) groups is 1. The van der Waals surface area contributed by atoms with Gasteiger partial charge in [-0.25, -0.2) is 4.79 Å². The molecular formula is C14H21BrO2. The maximum atomic E-state index is 10.4. The summed E-state index contributed by atoms with van der Waals surface area (Å²) >= 11 is 3.24. The molecule has 0 rings (SSSR count). The van der Waals surface area contributed by atoms with E-state index in [1.54, 1.807) is 6.08 Å². The standard InChI is InChI=1S/C14H21BrO2/c1-12(6-4-5-11-15)7-9-14(2,3)10-8-13(16)17/h5,7-8,10-11H,4,6,9H2,1-3H3,(H,16,17)/b10-8+,11-5+,12-7+. The zero-order valence-corrected chi connectivity index (χ0v) is 12.3. The van der Waals surface area contributed by atoms with E-state index in [9.17, 15) is 4.79 Å². The second-order valence-electron chi connectivity index (χ2n) is 4.82. The second-order valence-corrected chi connectivity index (χ2v) is 5.34. The fourth-order valence-corrected chi connectivity index (χ4v) is 1.54. The van der Waals surface area contributed by atoms with Gasteiger partial charge in [0.25, 0.3) is 0 Å². The highest BCUT2D eigenvalue weighted by atomic mass is 79.9. The van der Waals surface area contributed by atoms with Gasteiger partial charge in [0.05, 0.1) is 0 Å². The minimum Gasteiger partial charge on any atom is -0.478 e. The molecule has 0 radical (unpaired) electrons. The molecule has 0 unspecified atom stereocenters. The van der Waals surface area contributed by atoms with E-state index >= 15 is 0 Å². The maximum absolute atomic E-state index is 10.4. The highest BCUT2D eigenvalue weighted by Crippen LogP contribution is 2.24. The lowest BCUT2D eigenvalue weighted by Gasteiger charge is -2.17. The lowest BCUT2D eigenvalue weighted by molar-refractivity contribution is -0.131. The number of carboxylic acids is 1. The molecule has 0 saturated heterocycles. The molecule has 0 aliphatic heterocycles. The number of hydrogen-bond acceptors (Lipinski definition) is 1. The molecule has 0 fully saturated rings. The first-order valence-electron chi connectivity index (χ1n) is 5.70. The van der Waals surface area contributed by atoms with Gasteiger partial charge < -0.3 is 5.11 Å².